The molecule has 0 bridgehead atoms. The minimum absolute atomic E-state index is 0.163. The molecular weight excluding hydrogens is 330 g/mol. The maximum atomic E-state index is 12.5. The highest BCUT2D eigenvalue weighted by Gasteiger charge is 2.37. The zero-order valence-corrected chi connectivity index (χ0v) is 11.8. The molecule has 0 atom stereocenters. The first kappa shape index (κ1) is 14.0. The van der Waals surface area contributed by atoms with Crippen molar-refractivity contribution in [3.05, 3.63) is 28.2 Å². The topological polar surface area (TPSA) is 12.0 Å². The maximum Gasteiger partial charge on any atom is 0.416 e. The van der Waals surface area contributed by atoms with E-state index < -0.39 is 11.7 Å². The molecule has 18 heavy (non-hydrogen) atoms. The minimum atomic E-state index is -4.32. The van der Waals surface area contributed by atoms with Gasteiger partial charge in [0, 0.05) is 16.0 Å². The van der Waals surface area contributed by atoms with E-state index in [-0.39, 0.29) is 5.54 Å². The SMILES string of the molecule is FC(F)(F)c1ccc(NC2(CCl)CCC2)c(Br)c1. The lowest BCUT2D eigenvalue weighted by Crippen LogP contribution is -2.46. The van der Waals surface area contributed by atoms with Crippen molar-refractivity contribution in [2.75, 3.05) is 11.2 Å². The number of nitrogens with one attached hydrogen (secondary N) is 1. The lowest BCUT2D eigenvalue weighted by atomic mass is 9.78. The summed E-state index contributed by atoms with van der Waals surface area (Å²) in [4.78, 5) is 0. The van der Waals surface area contributed by atoms with Crippen molar-refractivity contribution in [3.63, 3.8) is 0 Å². The summed E-state index contributed by atoms with van der Waals surface area (Å²) in [5, 5.41) is 3.24. The second kappa shape index (κ2) is 4.93. The van der Waals surface area contributed by atoms with E-state index in [2.05, 4.69) is 21.2 Å². The van der Waals surface area contributed by atoms with Crippen LogP contribution < -0.4 is 5.32 Å². The Morgan fingerprint density at radius 2 is 2.00 bits per heavy atom. The van der Waals surface area contributed by atoms with E-state index in [1.807, 2.05) is 0 Å². The van der Waals surface area contributed by atoms with E-state index in [9.17, 15) is 13.2 Å². The average Bonchev–Trinajstić information content (AvgIpc) is 2.24. The summed E-state index contributed by atoms with van der Waals surface area (Å²) < 4.78 is 38.0. The number of benzene rings is 1. The summed E-state index contributed by atoms with van der Waals surface area (Å²) in [6.07, 6.45) is -1.33. The Hall–Kier alpha value is -0.420. The maximum absolute atomic E-state index is 12.5. The van der Waals surface area contributed by atoms with Crippen LogP contribution in [-0.4, -0.2) is 11.4 Å². The molecule has 0 saturated heterocycles. The second-order valence-electron chi connectivity index (χ2n) is 4.58. The van der Waals surface area contributed by atoms with Crippen LogP contribution in [0.5, 0.6) is 0 Å². The molecule has 1 nitrogen and oxygen atoms in total. The van der Waals surface area contributed by atoms with Gasteiger partial charge in [-0.1, -0.05) is 0 Å². The van der Waals surface area contributed by atoms with Crippen molar-refractivity contribution < 1.29 is 13.2 Å². The quantitative estimate of drug-likeness (QED) is 0.759. The summed E-state index contributed by atoms with van der Waals surface area (Å²) in [6.45, 7) is 0. The average molecular weight is 343 g/mol. The molecule has 0 aliphatic heterocycles. The van der Waals surface area contributed by atoms with Gasteiger partial charge in [0.15, 0.2) is 0 Å². The van der Waals surface area contributed by atoms with Crippen molar-refractivity contribution in [1.82, 2.24) is 0 Å². The molecule has 2 rings (SSSR count). The number of alkyl halides is 4. The van der Waals surface area contributed by atoms with Gasteiger partial charge in [0.2, 0.25) is 0 Å². The van der Waals surface area contributed by atoms with Gasteiger partial charge in [0.25, 0.3) is 0 Å². The molecule has 1 aromatic carbocycles. The van der Waals surface area contributed by atoms with Gasteiger partial charge in [-0.2, -0.15) is 13.2 Å². The van der Waals surface area contributed by atoms with Gasteiger partial charge in [0.05, 0.1) is 11.1 Å². The van der Waals surface area contributed by atoms with Crippen molar-refractivity contribution in [2.24, 2.45) is 0 Å². The number of hydrogen-bond acceptors (Lipinski definition) is 1. The van der Waals surface area contributed by atoms with Crippen LogP contribution in [0.1, 0.15) is 24.8 Å². The summed E-state index contributed by atoms with van der Waals surface area (Å²) in [5.41, 5.74) is -0.166. The van der Waals surface area contributed by atoms with E-state index >= 15 is 0 Å². The molecule has 0 unspecified atom stereocenters. The zero-order valence-electron chi connectivity index (χ0n) is 9.45. The molecule has 6 heteroatoms. The van der Waals surface area contributed by atoms with E-state index in [0.29, 0.717) is 16.0 Å². The summed E-state index contributed by atoms with van der Waals surface area (Å²) >= 11 is 9.08. The molecule has 0 radical (unpaired) electrons. The molecule has 0 aromatic heterocycles. The van der Waals surface area contributed by atoms with Gasteiger partial charge < -0.3 is 5.32 Å². The zero-order chi connectivity index (χ0) is 13.4. The third-order valence-electron chi connectivity index (χ3n) is 3.26. The molecule has 1 aromatic rings. The first-order valence-electron chi connectivity index (χ1n) is 5.57. The molecule has 0 heterocycles. The Balaban J connectivity index is 2.20. The van der Waals surface area contributed by atoms with E-state index in [4.69, 9.17) is 11.6 Å². The Kier molecular flexibility index (Phi) is 3.83. The first-order valence-corrected chi connectivity index (χ1v) is 6.90. The standard InChI is InChI=1S/C12H12BrClF3N/c13-9-6-8(12(15,16)17)2-3-10(9)18-11(7-14)4-1-5-11/h2-3,6,18H,1,4-5,7H2. The van der Waals surface area contributed by atoms with E-state index in [0.717, 1.165) is 31.4 Å². The Bertz CT molecular complexity index is 438. The highest BCUT2D eigenvalue weighted by Crippen LogP contribution is 2.39. The highest BCUT2D eigenvalue weighted by molar-refractivity contribution is 9.10. The van der Waals surface area contributed by atoms with Crippen molar-refractivity contribution in [1.29, 1.82) is 0 Å². The highest BCUT2D eigenvalue weighted by atomic mass is 79.9. The molecular formula is C12H12BrClF3N. The van der Waals surface area contributed by atoms with Crippen LogP contribution in [0.25, 0.3) is 0 Å². The van der Waals surface area contributed by atoms with Crippen LogP contribution in [-0.2, 0) is 6.18 Å². The molecule has 1 fully saturated rings. The van der Waals surface area contributed by atoms with E-state index in [1.54, 1.807) is 0 Å². The fourth-order valence-electron chi connectivity index (χ4n) is 1.97. The summed E-state index contributed by atoms with van der Waals surface area (Å²) in [6, 6.07) is 3.61. The third kappa shape index (κ3) is 2.77. The number of anilines is 1. The first-order chi connectivity index (χ1) is 8.36. The monoisotopic (exact) mass is 341 g/mol. The predicted octanol–water partition coefficient (Wildman–Crippen LogP) is 5.04. The van der Waals surface area contributed by atoms with Crippen molar-refractivity contribution >= 4 is 33.2 Å². The molecule has 1 aliphatic carbocycles. The fourth-order valence-corrected chi connectivity index (χ4v) is 2.79. The molecule has 1 N–H and O–H groups in total. The smallest absolute Gasteiger partial charge is 0.377 e. The molecule has 1 saturated carbocycles. The lowest BCUT2D eigenvalue weighted by molar-refractivity contribution is -0.137. The second-order valence-corrected chi connectivity index (χ2v) is 5.71. The van der Waals surface area contributed by atoms with Crippen LogP contribution in [0, 0.1) is 0 Å². The Morgan fingerprint density at radius 1 is 1.33 bits per heavy atom. The van der Waals surface area contributed by atoms with Crippen LogP contribution in [0.3, 0.4) is 0 Å². The van der Waals surface area contributed by atoms with Crippen LogP contribution in [0.4, 0.5) is 18.9 Å². The molecule has 100 valence electrons. The third-order valence-corrected chi connectivity index (χ3v) is 4.43. The van der Waals surface area contributed by atoms with Gasteiger partial charge in [-0.15, -0.1) is 11.6 Å². The summed E-state index contributed by atoms with van der Waals surface area (Å²) in [7, 11) is 0. The molecule has 1 aliphatic rings. The van der Waals surface area contributed by atoms with Crippen LogP contribution >= 0.6 is 27.5 Å². The van der Waals surface area contributed by atoms with Gasteiger partial charge in [0.1, 0.15) is 0 Å². The van der Waals surface area contributed by atoms with Crippen molar-refractivity contribution in [3.8, 4) is 0 Å². The largest absolute Gasteiger partial charge is 0.416 e. The van der Waals surface area contributed by atoms with Gasteiger partial charge >= 0.3 is 6.18 Å². The Labute approximate surface area is 117 Å². The van der Waals surface area contributed by atoms with Crippen LogP contribution in [0.15, 0.2) is 22.7 Å². The fraction of sp³-hybridized carbons (Fsp3) is 0.500. The predicted molar refractivity (Wildman–Crippen MR) is 70.1 cm³/mol. The van der Waals surface area contributed by atoms with E-state index in [1.165, 1.54) is 6.07 Å². The minimum Gasteiger partial charge on any atom is -0.377 e. The summed E-state index contributed by atoms with van der Waals surface area (Å²) in [5.74, 6) is 0.459. The number of halogens is 5. The molecule has 0 spiro atoms. The number of rotatable bonds is 3. The Morgan fingerprint density at radius 3 is 2.39 bits per heavy atom. The lowest BCUT2D eigenvalue weighted by Gasteiger charge is -2.42. The number of hydrogen-bond donors (Lipinski definition) is 1. The van der Waals surface area contributed by atoms with Crippen LogP contribution in [0.2, 0.25) is 0 Å². The normalized spacial score (nSPS) is 18.3. The van der Waals surface area contributed by atoms with Gasteiger partial charge in [-0.05, 0) is 53.4 Å². The molecule has 0 amide bonds. The van der Waals surface area contributed by atoms with Gasteiger partial charge in [-0.25, -0.2) is 0 Å². The van der Waals surface area contributed by atoms with Crippen molar-refractivity contribution in [2.45, 2.75) is 31.0 Å². The van der Waals surface area contributed by atoms with Gasteiger partial charge in [-0.3, -0.25) is 0 Å².